The smallest absolute Gasteiger partial charge is 0.216 e. The highest BCUT2D eigenvalue weighted by Gasteiger charge is 1.96. The van der Waals surface area contributed by atoms with Crippen molar-refractivity contribution >= 4 is 5.91 Å². The molecule has 1 atom stereocenters. The van der Waals surface area contributed by atoms with Crippen LogP contribution in [0, 0.1) is 0 Å². The van der Waals surface area contributed by atoms with Gasteiger partial charge in [-0.3, -0.25) is 4.79 Å². The molecule has 0 radical (unpaired) electrons. The quantitative estimate of drug-likeness (QED) is 0.615. The molecule has 0 saturated carbocycles. The van der Waals surface area contributed by atoms with Crippen LogP contribution in [0.15, 0.2) is 0 Å². The standard InChI is InChI=1S/C8H17NO2.H2/c1-4-7(2)11-6-5-9-8(3)10;/h7H,4-6H2,1-3H3,(H,9,10);1H. The maximum atomic E-state index is 10.4. The van der Waals surface area contributed by atoms with E-state index >= 15 is 0 Å². The van der Waals surface area contributed by atoms with Gasteiger partial charge in [0.1, 0.15) is 0 Å². The molecule has 3 nitrogen and oxygen atoms in total. The van der Waals surface area contributed by atoms with E-state index in [1.807, 2.05) is 6.92 Å². The maximum absolute atomic E-state index is 10.4. The minimum atomic E-state index is -0.00208. The first kappa shape index (κ1) is 10.4. The maximum Gasteiger partial charge on any atom is 0.216 e. The van der Waals surface area contributed by atoms with Crippen LogP contribution in [-0.4, -0.2) is 25.2 Å². The number of amides is 1. The van der Waals surface area contributed by atoms with Gasteiger partial charge in [-0.2, -0.15) is 0 Å². The Kier molecular flexibility index (Phi) is 5.84. The minimum absolute atomic E-state index is 0. The Morgan fingerprint density at radius 3 is 2.82 bits per heavy atom. The average Bonchev–Trinajstić information content (AvgIpc) is 1.97. The van der Waals surface area contributed by atoms with Gasteiger partial charge in [0.15, 0.2) is 0 Å². The molecule has 68 valence electrons. The van der Waals surface area contributed by atoms with E-state index < -0.39 is 0 Å². The van der Waals surface area contributed by atoms with Gasteiger partial charge in [0.05, 0.1) is 12.7 Å². The summed E-state index contributed by atoms with van der Waals surface area (Å²) in [4.78, 5) is 10.4. The van der Waals surface area contributed by atoms with Gasteiger partial charge >= 0.3 is 0 Å². The van der Waals surface area contributed by atoms with E-state index in [1.165, 1.54) is 6.92 Å². The largest absolute Gasteiger partial charge is 0.377 e. The van der Waals surface area contributed by atoms with E-state index in [2.05, 4.69) is 12.2 Å². The Balaban J connectivity index is 0. The Labute approximate surface area is 69.6 Å². The molecule has 11 heavy (non-hydrogen) atoms. The fourth-order valence-corrected chi connectivity index (χ4v) is 0.605. The molecule has 1 amide bonds. The third kappa shape index (κ3) is 7.33. The number of nitrogens with one attached hydrogen (secondary N) is 1. The van der Waals surface area contributed by atoms with Crippen molar-refractivity contribution in [2.45, 2.75) is 33.3 Å². The highest BCUT2D eigenvalue weighted by molar-refractivity contribution is 5.72. The Morgan fingerprint density at radius 1 is 1.73 bits per heavy atom. The van der Waals surface area contributed by atoms with Crippen LogP contribution >= 0.6 is 0 Å². The van der Waals surface area contributed by atoms with Crippen molar-refractivity contribution < 1.29 is 11.0 Å². The molecular weight excluding hydrogens is 142 g/mol. The summed E-state index contributed by atoms with van der Waals surface area (Å²) in [6.45, 7) is 6.81. The summed E-state index contributed by atoms with van der Waals surface area (Å²) in [5, 5.41) is 2.66. The van der Waals surface area contributed by atoms with E-state index in [1.54, 1.807) is 0 Å². The van der Waals surface area contributed by atoms with E-state index in [4.69, 9.17) is 4.74 Å². The normalized spacial score (nSPS) is 12.6. The zero-order valence-electron chi connectivity index (χ0n) is 7.52. The summed E-state index contributed by atoms with van der Waals surface area (Å²) < 4.78 is 5.33. The van der Waals surface area contributed by atoms with Crippen molar-refractivity contribution in [3.63, 3.8) is 0 Å². The van der Waals surface area contributed by atoms with Crippen molar-refractivity contribution in [1.29, 1.82) is 0 Å². The van der Waals surface area contributed by atoms with Crippen LogP contribution in [0.3, 0.4) is 0 Å². The average molecular weight is 161 g/mol. The second-order valence-corrected chi connectivity index (χ2v) is 2.57. The number of rotatable bonds is 5. The van der Waals surface area contributed by atoms with E-state index in [-0.39, 0.29) is 7.33 Å². The molecular formula is C8H19NO2. The second kappa shape index (κ2) is 6.16. The number of carbonyl (C=O) groups is 1. The first-order chi connectivity index (χ1) is 5.16. The van der Waals surface area contributed by atoms with Gasteiger partial charge in [-0.1, -0.05) is 6.92 Å². The molecule has 1 unspecified atom stereocenters. The Morgan fingerprint density at radius 2 is 2.36 bits per heavy atom. The van der Waals surface area contributed by atoms with Crippen molar-refractivity contribution in [1.82, 2.24) is 5.32 Å². The first-order valence-corrected chi connectivity index (χ1v) is 4.02. The zero-order valence-corrected chi connectivity index (χ0v) is 7.52. The SMILES string of the molecule is CCC(C)OCCNC(C)=O.[HH]. The van der Waals surface area contributed by atoms with Crippen LogP contribution in [0.1, 0.15) is 28.6 Å². The summed E-state index contributed by atoms with van der Waals surface area (Å²) in [5.41, 5.74) is 0. The lowest BCUT2D eigenvalue weighted by molar-refractivity contribution is -0.119. The minimum Gasteiger partial charge on any atom is -0.377 e. The molecule has 0 aliphatic rings. The van der Waals surface area contributed by atoms with Gasteiger partial charge < -0.3 is 10.1 Å². The Hall–Kier alpha value is -0.570. The predicted octanol–water partition coefficient (Wildman–Crippen LogP) is 1.18. The molecule has 0 aromatic heterocycles. The van der Waals surface area contributed by atoms with Crippen molar-refractivity contribution in [2.24, 2.45) is 0 Å². The number of carbonyl (C=O) groups excluding carboxylic acids is 1. The molecule has 0 heterocycles. The van der Waals surface area contributed by atoms with Crippen molar-refractivity contribution in [3.05, 3.63) is 0 Å². The van der Waals surface area contributed by atoms with Crippen LogP contribution < -0.4 is 5.32 Å². The molecule has 0 fully saturated rings. The topological polar surface area (TPSA) is 38.3 Å². The number of hydrogen-bond donors (Lipinski definition) is 1. The Bertz CT molecular complexity index is 120. The third-order valence-electron chi connectivity index (χ3n) is 1.45. The van der Waals surface area contributed by atoms with Gasteiger partial charge in [0, 0.05) is 14.9 Å². The predicted molar refractivity (Wildman–Crippen MR) is 46.5 cm³/mol. The summed E-state index contributed by atoms with van der Waals surface area (Å²) >= 11 is 0. The van der Waals surface area contributed by atoms with Gasteiger partial charge in [-0.25, -0.2) is 0 Å². The summed E-state index contributed by atoms with van der Waals surface area (Å²) in [6, 6.07) is 0. The van der Waals surface area contributed by atoms with E-state index in [0.717, 1.165) is 6.42 Å². The number of hydrogen-bond acceptors (Lipinski definition) is 2. The van der Waals surface area contributed by atoms with E-state index in [9.17, 15) is 4.79 Å². The van der Waals surface area contributed by atoms with Crippen LogP contribution in [0.2, 0.25) is 0 Å². The fraction of sp³-hybridized carbons (Fsp3) is 0.875. The highest BCUT2D eigenvalue weighted by atomic mass is 16.5. The van der Waals surface area contributed by atoms with Crippen LogP contribution in [-0.2, 0) is 9.53 Å². The monoisotopic (exact) mass is 161 g/mol. The zero-order chi connectivity index (χ0) is 8.69. The van der Waals surface area contributed by atoms with Crippen LogP contribution in [0.4, 0.5) is 0 Å². The van der Waals surface area contributed by atoms with Crippen LogP contribution in [0.25, 0.3) is 0 Å². The van der Waals surface area contributed by atoms with Gasteiger partial charge in [-0.05, 0) is 13.3 Å². The number of ether oxygens (including phenoxy) is 1. The third-order valence-corrected chi connectivity index (χ3v) is 1.45. The van der Waals surface area contributed by atoms with Crippen molar-refractivity contribution in [2.75, 3.05) is 13.2 Å². The first-order valence-electron chi connectivity index (χ1n) is 4.02. The molecule has 0 aromatic rings. The lowest BCUT2D eigenvalue weighted by Gasteiger charge is -2.09. The molecule has 0 rings (SSSR count). The summed E-state index contributed by atoms with van der Waals surface area (Å²) in [7, 11) is 0. The molecule has 0 bridgehead atoms. The molecule has 0 aliphatic carbocycles. The lowest BCUT2D eigenvalue weighted by Crippen LogP contribution is -2.25. The molecule has 1 N–H and O–H groups in total. The van der Waals surface area contributed by atoms with Crippen LogP contribution in [0.5, 0.6) is 0 Å². The molecule has 0 aliphatic heterocycles. The lowest BCUT2D eigenvalue weighted by atomic mass is 10.3. The van der Waals surface area contributed by atoms with Gasteiger partial charge in [-0.15, -0.1) is 0 Å². The fourth-order valence-electron chi connectivity index (χ4n) is 0.605. The highest BCUT2D eigenvalue weighted by Crippen LogP contribution is 1.93. The molecule has 0 spiro atoms. The van der Waals surface area contributed by atoms with E-state index in [0.29, 0.717) is 19.3 Å². The summed E-state index contributed by atoms with van der Waals surface area (Å²) in [5.74, 6) is -0.00208. The second-order valence-electron chi connectivity index (χ2n) is 2.57. The van der Waals surface area contributed by atoms with Gasteiger partial charge in [0.2, 0.25) is 5.91 Å². The molecule has 0 aromatic carbocycles. The summed E-state index contributed by atoms with van der Waals surface area (Å²) in [6.07, 6.45) is 1.31. The molecule has 0 saturated heterocycles. The van der Waals surface area contributed by atoms with Crippen molar-refractivity contribution in [3.8, 4) is 0 Å². The van der Waals surface area contributed by atoms with Gasteiger partial charge in [0.25, 0.3) is 0 Å². The molecule has 3 heteroatoms.